The number of hydrogen-bond donors (Lipinski definition) is 0. The van der Waals surface area contributed by atoms with E-state index in [1.807, 2.05) is 18.3 Å². The monoisotopic (exact) mass is 234 g/mol. The summed E-state index contributed by atoms with van der Waals surface area (Å²) in [7, 11) is 0. The lowest BCUT2D eigenvalue weighted by Crippen LogP contribution is -1.81. The van der Waals surface area contributed by atoms with Crippen LogP contribution in [0.2, 0.25) is 0 Å². The van der Waals surface area contributed by atoms with Crippen LogP contribution in [0.5, 0.6) is 0 Å². The minimum absolute atomic E-state index is 0. The Balaban J connectivity index is 0.000000640. The average molecular weight is 235 g/mol. The van der Waals surface area contributed by atoms with Gasteiger partial charge < -0.3 is 5.48 Å². The molecule has 16 heavy (non-hydrogen) atoms. The summed E-state index contributed by atoms with van der Waals surface area (Å²) in [6.07, 6.45) is 3.42. The van der Waals surface area contributed by atoms with Gasteiger partial charge in [0.15, 0.2) is 0 Å². The van der Waals surface area contributed by atoms with Crippen molar-refractivity contribution < 1.29 is 5.48 Å². The number of benzene rings is 2. The molecule has 0 saturated heterocycles. The highest BCUT2D eigenvalue weighted by molar-refractivity contribution is 5.95. The van der Waals surface area contributed by atoms with Crippen molar-refractivity contribution in [3.8, 4) is 0 Å². The smallest absolute Gasteiger partial charge is 0.116 e. The van der Waals surface area contributed by atoms with Crippen molar-refractivity contribution in [3.63, 3.8) is 0 Å². The minimum atomic E-state index is 0. The third kappa shape index (κ3) is 1.96. The average Bonchev–Trinajstić information content (AvgIpc) is 2.26. The summed E-state index contributed by atoms with van der Waals surface area (Å²) in [5, 5.41) is 3.54. The maximum atomic E-state index is 4.22. The third-order valence-corrected chi connectivity index (χ3v) is 2.37. The van der Waals surface area contributed by atoms with Crippen molar-refractivity contribution in [1.29, 1.82) is 0 Å². The number of nitrogens with zero attached hydrogens (tertiary/aromatic N) is 2. The molecule has 0 amide bonds. The second kappa shape index (κ2) is 4.88. The summed E-state index contributed by atoms with van der Waals surface area (Å²) >= 11 is 0. The van der Waals surface area contributed by atoms with Gasteiger partial charge in [0.1, 0.15) is 6.33 Å². The molecule has 0 unspecified atom stereocenters. The standard InChI is InChI=1S/C12H8N2.ClH.H2O/c1-2-4-10-6-12-11(5-9(10)3-1)7-13-8-14-12;;/h1-8H;1H;1H2. The molecule has 3 nitrogen and oxygen atoms in total. The Kier molecular flexibility index (Phi) is 3.77. The molecule has 4 heteroatoms. The Morgan fingerprint density at radius 3 is 2.31 bits per heavy atom. The van der Waals surface area contributed by atoms with E-state index in [2.05, 4.69) is 34.2 Å². The predicted molar refractivity (Wildman–Crippen MR) is 67.9 cm³/mol. The minimum Gasteiger partial charge on any atom is -0.412 e. The molecule has 3 aromatic rings. The lowest BCUT2D eigenvalue weighted by molar-refractivity contribution is 0.824. The summed E-state index contributed by atoms with van der Waals surface area (Å²) in [5.41, 5.74) is 0.999. The zero-order valence-corrected chi connectivity index (χ0v) is 9.24. The molecule has 1 heterocycles. The van der Waals surface area contributed by atoms with Crippen LogP contribution in [0.3, 0.4) is 0 Å². The zero-order chi connectivity index (χ0) is 9.38. The van der Waals surface area contributed by atoms with Crippen LogP contribution in [0.1, 0.15) is 0 Å². The number of rotatable bonds is 0. The van der Waals surface area contributed by atoms with Gasteiger partial charge in [-0.25, -0.2) is 9.97 Å². The van der Waals surface area contributed by atoms with Gasteiger partial charge in [0.05, 0.1) is 5.52 Å². The molecule has 0 aliphatic rings. The third-order valence-electron chi connectivity index (χ3n) is 2.37. The highest BCUT2D eigenvalue weighted by Crippen LogP contribution is 2.19. The van der Waals surface area contributed by atoms with Gasteiger partial charge in [-0.3, -0.25) is 0 Å². The second-order valence-corrected chi connectivity index (χ2v) is 3.28. The van der Waals surface area contributed by atoms with E-state index in [1.165, 1.54) is 10.8 Å². The van der Waals surface area contributed by atoms with Crippen molar-refractivity contribution in [2.45, 2.75) is 0 Å². The molecule has 0 fully saturated rings. The SMILES string of the molecule is Cl.O.c1ccc2cc3ncncc3cc2c1. The van der Waals surface area contributed by atoms with E-state index in [4.69, 9.17) is 0 Å². The molecule has 0 aliphatic heterocycles. The topological polar surface area (TPSA) is 57.3 Å². The molecule has 0 saturated carbocycles. The van der Waals surface area contributed by atoms with Crippen LogP contribution < -0.4 is 0 Å². The molecular formula is C12H11ClN2O. The van der Waals surface area contributed by atoms with E-state index in [1.54, 1.807) is 6.33 Å². The summed E-state index contributed by atoms with van der Waals surface area (Å²) in [6, 6.07) is 12.5. The summed E-state index contributed by atoms with van der Waals surface area (Å²) in [5.74, 6) is 0. The molecule has 0 aliphatic carbocycles. The maximum absolute atomic E-state index is 4.22. The van der Waals surface area contributed by atoms with Crippen LogP contribution in [0.4, 0.5) is 0 Å². The van der Waals surface area contributed by atoms with Gasteiger partial charge in [-0.05, 0) is 22.9 Å². The highest BCUT2D eigenvalue weighted by atomic mass is 35.5. The Labute approximate surface area is 98.9 Å². The first kappa shape index (κ1) is 12.4. The molecule has 2 N–H and O–H groups in total. The van der Waals surface area contributed by atoms with Crippen molar-refractivity contribution in [1.82, 2.24) is 9.97 Å². The number of fused-ring (bicyclic) bond motifs is 2. The molecule has 0 bridgehead atoms. The second-order valence-electron chi connectivity index (χ2n) is 3.28. The summed E-state index contributed by atoms with van der Waals surface area (Å²) < 4.78 is 0. The van der Waals surface area contributed by atoms with Crippen LogP contribution in [0, 0.1) is 0 Å². The van der Waals surface area contributed by atoms with Gasteiger partial charge in [0.2, 0.25) is 0 Å². The van der Waals surface area contributed by atoms with Gasteiger partial charge in [0, 0.05) is 11.6 Å². The van der Waals surface area contributed by atoms with Crippen LogP contribution in [0.25, 0.3) is 21.7 Å². The quantitative estimate of drug-likeness (QED) is 0.561. The molecule has 0 spiro atoms. The van der Waals surface area contributed by atoms with Crippen LogP contribution in [0.15, 0.2) is 48.9 Å². The van der Waals surface area contributed by atoms with Crippen molar-refractivity contribution in [3.05, 3.63) is 48.9 Å². The fourth-order valence-corrected chi connectivity index (χ4v) is 1.67. The maximum Gasteiger partial charge on any atom is 0.116 e. The Bertz CT molecular complexity index is 508. The first-order valence-electron chi connectivity index (χ1n) is 4.52. The van der Waals surface area contributed by atoms with Crippen molar-refractivity contribution in [2.75, 3.05) is 0 Å². The largest absolute Gasteiger partial charge is 0.412 e. The van der Waals surface area contributed by atoms with Gasteiger partial charge >= 0.3 is 0 Å². The number of halogens is 1. The zero-order valence-electron chi connectivity index (χ0n) is 8.42. The van der Waals surface area contributed by atoms with Gasteiger partial charge in [-0.15, -0.1) is 12.4 Å². The van der Waals surface area contributed by atoms with E-state index >= 15 is 0 Å². The molecule has 3 rings (SSSR count). The first-order chi connectivity index (χ1) is 6.93. The Morgan fingerprint density at radius 2 is 1.56 bits per heavy atom. The fraction of sp³-hybridized carbons (Fsp3) is 0. The lowest BCUT2D eigenvalue weighted by atomic mass is 10.1. The van der Waals surface area contributed by atoms with Crippen LogP contribution in [-0.2, 0) is 0 Å². The molecular weight excluding hydrogens is 224 g/mol. The fourth-order valence-electron chi connectivity index (χ4n) is 1.67. The Hall–Kier alpha value is -1.71. The molecule has 0 atom stereocenters. The molecule has 0 radical (unpaired) electrons. The van der Waals surface area contributed by atoms with E-state index in [0.29, 0.717) is 0 Å². The summed E-state index contributed by atoms with van der Waals surface area (Å²) in [6.45, 7) is 0. The summed E-state index contributed by atoms with van der Waals surface area (Å²) in [4.78, 5) is 8.23. The van der Waals surface area contributed by atoms with E-state index in [0.717, 1.165) is 10.9 Å². The molecule has 1 aromatic heterocycles. The highest BCUT2D eigenvalue weighted by Gasteiger charge is 1.96. The lowest BCUT2D eigenvalue weighted by Gasteiger charge is -1.99. The van der Waals surface area contributed by atoms with Crippen LogP contribution >= 0.6 is 12.4 Å². The molecule has 82 valence electrons. The van der Waals surface area contributed by atoms with Crippen molar-refractivity contribution >= 4 is 34.1 Å². The predicted octanol–water partition coefficient (Wildman–Crippen LogP) is 2.38. The Morgan fingerprint density at radius 1 is 0.875 bits per heavy atom. The van der Waals surface area contributed by atoms with E-state index < -0.39 is 0 Å². The van der Waals surface area contributed by atoms with Gasteiger partial charge in [0.25, 0.3) is 0 Å². The normalized spacial score (nSPS) is 9.50. The molecule has 2 aromatic carbocycles. The number of aromatic nitrogens is 2. The van der Waals surface area contributed by atoms with E-state index in [9.17, 15) is 0 Å². The van der Waals surface area contributed by atoms with Crippen LogP contribution in [-0.4, -0.2) is 15.4 Å². The van der Waals surface area contributed by atoms with Crippen molar-refractivity contribution in [2.24, 2.45) is 0 Å². The van der Waals surface area contributed by atoms with E-state index in [-0.39, 0.29) is 17.9 Å². The number of hydrogen-bond acceptors (Lipinski definition) is 2. The first-order valence-corrected chi connectivity index (χ1v) is 4.52. The van der Waals surface area contributed by atoms with Gasteiger partial charge in [-0.1, -0.05) is 24.3 Å². The van der Waals surface area contributed by atoms with Gasteiger partial charge in [-0.2, -0.15) is 0 Å².